The van der Waals surface area contributed by atoms with E-state index in [0.29, 0.717) is 6.10 Å². The van der Waals surface area contributed by atoms with Crippen molar-refractivity contribution in [2.75, 3.05) is 40.4 Å². The highest BCUT2D eigenvalue weighted by Crippen LogP contribution is 2.14. The summed E-state index contributed by atoms with van der Waals surface area (Å²) in [5, 5.41) is 3.35. The number of likely N-dealkylation sites (N-methyl/N-ethyl adjacent to an activating group) is 1. The SMILES string of the molecule is COc1cccc(CN(C)CC2CNCCO2)c1. The van der Waals surface area contributed by atoms with Crippen LogP contribution in [0.15, 0.2) is 24.3 Å². The number of methoxy groups -OCH3 is 1. The molecule has 0 saturated carbocycles. The van der Waals surface area contributed by atoms with Crippen LogP contribution >= 0.6 is 0 Å². The maximum Gasteiger partial charge on any atom is 0.119 e. The topological polar surface area (TPSA) is 33.7 Å². The number of hydrogen-bond donors (Lipinski definition) is 1. The second-order valence-corrected chi connectivity index (χ2v) is 4.75. The summed E-state index contributed by atoms with van der Waals surface area (Å²) in [5.74, 6) is 0.913. The third-order valence-electron chi connectivity index (χ3n) is 3.11. The van der Waals surface area contributed by atoms with Gasteiger partial charge < -0.3 is 14.8 Å². The van der Waals surface area contributed by atoms with Gasteiger partial charge in [-0.1, -0.05) is 12.1 Å². The fourth-order valence-corrected chi connectivity index (χ4v) is 2.23. The van der Waals surface area contributed by atoms with E-state index >= 15 is 0 Å². The lowest BCUT2D eigenvalue weighted by Gasteiger charge is -2.28. The Morgan fingerprint density at radius 2 is 2.39 bits per heavy atom. The van der Waals surface area contributed by atoms with Gasteiger partial charge in [-0.25, -0.2) is 0 Å². The van der Waals surface area contributed by atoms with Crippen molar-refractivity contribution in [1.82, 2.24) is 10.2 Å². The predicted molar refractivity (Wildman–Crippen MR) is 71.9 cm³/mol. The average molecular weight is 250 g/mol. The molecule has 1 aliphatic rings. The van der Waals surface area contributed by atoms with Crippen LogP contribution in [0.5, 0.6) is 5.75 Å². The minimum Gasteiger partial charge on any atom is -0.497 e. The first-order chi connectivity index (χ1) is 8.78. The van der Waals surface area contributed by atoms with Gasteiger partial charge >= 0.3 is 0 Å². The number of ether oxygens (including phenoxy) is 2. The molecule has 1 atom stereocenters. The van der Waals surface area contributed by atoms with E-state index in [1.54, 1.807) is 7.11 Å². The number of morpholine rings is 1. The molecule has 1 N–H and O–H groups in total. The molecular weight excluding hydrogens is 228 g/mol. The molecular formula is C14H22N2O2. The lowest BCUT2D eigenvalue weighted by molar-refractivity contribution is 0.00884. The summed E-state index contributed by atoms with van der Waals surface area (Å²) in [5.41, 5.74) is 1.26. The van der Waals surface area contributed by atoms with Gasteiger partial charge in [-0.3, -0.25) is 4.90 Å². The van der Waals surface area contributed by atoms with Crippen LogP contribution in [0.2, 0.25) is 0 Å². The third-order valence-corrected chi connectivity index (χ3v) is 3.11. The van der Waals surface area contributed by atoms with E-state index in [1.807, 2.05) is 12.1 Å². The quantitative estimate of drug-likeness (QED) is 0.849. The van der Waals surface area contributed by atoms with Crippen molar-refractivity contribution < 1.29 is 9.47 Å². The minimum atomic E-state index is 0.300. The van der Waals surface area contributed by atoms with Gasteiger partial charge in [0.1, 0.15) is 5.75 Å². The Morgan fingerprint density at radius 3 is 3.11 bits per heavy atom. The standard InChI is InChI=1S/C14H22N2O2/c1-16(11-14-9-15-6-7-18-14)10-12-4-3-5-13(8-12)17-2/h3-5,8,14-15H,6-7,9-11H2,1-2H3. The first-order valence-corrected chi connectivity index (χ1v) is 6.41. The van der Waals surface area contributed by atoms with Crippen LogP contribution in [0.1, 0.15) is 5.56 Å². The molecule has 1 aliphatic heterocycles. The van der Waals surface area contributed by atoms with E-state index in [9.17, 15) is 0 Å². The maximum absolute atomic E-state index is 5.70. The normalized spacial score (nSPS) is 20.1. The summed E-state index contributed by atoms with van der Waals surface area (Å²) in [4.78, 5) is 2.28. The Labute approximate surface area is 109 Å². The molecule has 0 spiro atoms. The van der Waals surface area contributed by atoms with Crippen molar-refractivity contribution in [3.05, 3.63) is 29.8 Å². The van der Waals surface area contributed by atoms with Gasteiger partial charge in [0.25, 0.3) is 0 Å². The van der Waals surface area contributed by atoms with Gasteiger partial charge in [-0.2, -0.15) is 0 Å². The molecule has 0 aromatic heterocycles. The summed E-state index contributed by atoms with van der Waals surface area (Å²) in [6.45, 7) is 4.59. The van der Waals surface area contributed by atoms with Crippen LogP contribution in [0.25, 0.3) is 0 Å². The van der Waals surface area contributed by atoms with Gasteiger partial charge in [0.05, 0.1) is 19.8 Å². The second kappa shape index (κ2) is 6.73. The van der Waals surface area contributed by atoms with Crippen LogP contribution in [-0.2, 0) is 11.3 Å². The molecule has 1 unspecified atom stereocenters. The Bertz CT molecular complexity index is 365. The molecule has 1 aromatic carbocycles. The number of nitrogens with one attached hydrogen (secondary N) is 1. The van der Waals surface area contributed by atoms with Gasteiger partial charge in [-0.15, -0.1) is 0 Å². The van der Waals surface area contributed by atoms with Gasteiger partial charge in [-0.05, 0) is 24.7 Å². The molecule has 1 heterocycles. The third kappa shape index (κ3) is 3.98. The lowest BCUT2D eigenvalue weighted by atomic mass is 10.2. The molecule has 1 aromatic rings. The summed E-state index contributed by atoms with van der Waals surface area (Å²) in [6, 6.07) is 8.20. The molecule has 100 valence electrons. The van der Waals surface area contributed by atoms with Gasteiger partial charge in [0.15, 0.2) is 0 Å². The Hall–Kier alpha value is -1.10. The van der Waals surface area contributed by atoms with Crippen molar-refractivity contribution in [2.45, 2.75) is 12.6 Å². The van der Waals surface area contributed by atoms with Crippen molar-refractivity contribution in [3.63, 3.8) is 0 Å². The molecule has 0 bridgehead atoms. The van der Waals surface area contributed by atoms with Crippen LogP contribution in [0.3, 0.4) is 0 Å². The highest BCUT2D eigenvalue weighted by molar-refractivity contribution is 5.28. The second-order valence-electron chi connectivity index (χ2n) is 4.75. The van der Waals surface area contributed by atoms with E-state index in [1.165, 1.54) is 5.56 Å². The average Bonchev–Trinajstić information content (AvgIpc) is 2.40. The van der Waals surface area contributed by atoms with Crippen molar-refractivity contribution in [3.8, 4) is 5.75 Å². The van der Waals surface area contributed by atoms with Gasteiger partial charge in [0, 0.05) is 26.2 Å². The minimum absolute atomic E-state index is 0.300. The smallest absolute Gasteiger partial charge is 0.119 e. The largest absolute Gasteiger partial charge is 0.497 e. The molecule has 18 heavy (non-hydrogen) atoms. The Balaban J connectivity index is 1.83. The zero-order valence-electron chi connectivity index (χ0n) is 11.2. The molecule has 4 heteroatoms. The van der Waals surface area contributed by atoms with E-state index < -0.39 is 0 Å². The number of nitrogens with zero attached hydrogens (tertiary/aromatic N) is 1. The van der Waals surface area contributed by atoms with Crippen molar-refractivity contribution >= 4 is 0 Å². The number of rotatable bonds is 5. The molecule has 0 radical (unpaired) electrons. The fourth-order valence-electron chi connectivity index (χ4n) is 2.23. The number of benzene rings is 1. The van der Waals surface area contributed by atoms with Crippen LogP contribution in [0, 0.1) is 0 Å². The molecule has 0 aliphatic carbocycles. The van der Waals surface area contributed by atoms with Crippen molar-refractivity contribution in [2.24, 2.45) is 0 Å². The Kier molecular flexibility index (Phi) is 4.99. The number of hydrogen-bond acceptors (Lipinski definition) is 4. The molecule has 4 nitrogen and oxygen atoms in total. The Morgan fingerprint density at radius 1 is 1.50 bits per heavy atom. The molecule has 2 rings (SSSR count). The molecule has 0 amide bonds. The zero-order chi connectivity index (χ0) is 12.8. The van der Waals surface area contributed by atoms with E-state index in [-0.39, 0.29) is 0 Å². The van der Waals surface area contributed by atoms with E-state index in [2.05, 4.69) is 29.4 Å². The van der Waals surface area contributed by atoms with E-state index in [0.717, 1.165) is 38.5 Å². The molecule has 1 saturated heterocycles. The van der Waals surface area contributed by atoms with E-state index in [4.69, 9.17) is 9.47 Å². The van der Waals surface area contributed by atoms with Gasteiger partial charge in [0.2, 0.25) is 0 Å². The van der Waals surface area contributed by atoms with Crippen LogP contribution < -0.4 is 10.1 Å². The predicted octanol–water partition coefficient (Wildman–Crippen LogP) is 1.12. The summed E-state index contributed by atoms with van der Waals surface area (Å²) >= 11 is 0. The maximum atomic E-state index is 5.70. The summed E-state index contributed by atoms with van der Waals surface area (Å²) in [7, 11) is 3.82. The van der Waals surface area contributed by atoms with Crippen LogP contribution in [0.4, 0.5) is 0 Å². The first kappa shape index (κ1) is 13.3. The summed E-state index contributed by atoms with van der Waals surface area (Å²) < 4.78 is 10.9. The monoisotopic (exact) mass is 250 g/mol. The highest BCUT2D eigenvalue weighted by atomic mass is 16.5. The van der Waals surface area contributed by atoms with Crippen LogP contribution in [-0.4, -0.2) is 51.4 Å². The lowest BCUT2D eigenvalue weighted by Crippen LogP contribution is -2.44. The fraction of sp³-hybridized carbons (Fsp3) is 0.571. The molecule has 1 fully saturated rings. The first-order valence-electron chi connectivity index (χ1n) is 6.41. The van der Waals surface area contributed by atoms with Crippen molar-refractivity contribution in [1.29, 1.82) is 0 Å². The highest BCUT2D eigenvalue weighted by Gasteiger charge is 2.15. The summed E-state index contributed by atoms with van der Waals surface area (Å²) in [6.07, 6.45) is 0.300. The zero-order valence-corrected chi connectivity index (χ0v) is 11.2.